The molecule has 0 aliphatic heterocycles. The van der Waals surface area contributed by atoms with Crippen LogP contribution in [0.3, 0.4) is 0 Å². The molecule has 1 aliphatic rings. The van der Waals surface area contributed by atoms with Crippen molar-refractivity contribution in [1.82, 2.24) is 9.55 Å². The van der Waals surface area contributed by atoms with Crippen LogP contribution in [-0.2, 0) is 6.54 Å². The van der Waals surface area contributed by atoms with Gasteiger partial charge in [0.2, 0.25) is 0 Å². The molecule has 1 heterocycles. The molecule has 0 bridgehead atoms. The third kappa shape index (κ3) is 2.24. The quantitative estimate of drug-likeness (QED) is 0.784. The number of aryl methyl sites for hydroxylation is 1. The van der Waals surface area contributed by atoms with Crippen LogP contribution in [0.4, 0.5) is 5.82 Å². The number of nitrogens with one attached hydrogen (secondary N) is 1. The molecule has 1 aromatic rings. The summed E-state index contributed by atoms with van der Waals surface area (Å²) >= 11 is 0. The van der Waals surface area contributed by atoms with Crippen molar-refractivity contribution in [1.29, 1.82) is 0 Å². The zero-order valence-corrected chi connectivity index (χ0v) is 9.39. The molecule has 0 spiro atoms. The van der Waals surface area contributed by atoms with Gasteiger partial charge in [0.15, 0.2) is 5.82 Å². The third-order valence-corrected chi connectivity index (χ3v) is 2.83. The maximum atomic E-state index is 11.9. The number of nitrogens with zero attached hydrogens (tertiary/aromatic N) is 2. The average Bonchev–Trinajstić information content (AvgIpc) is 2.22. The summed E-state index contributed by atoms with van der Waals surface area (Å²) in [5.41, 5.74) is -0.0780. The molecule has 2 N–H and O–H groups in total. The molecule has 5 heteroatoms. The van der Waals surface area contributed by atoms with Gasteiger partial charge in [-0.25, -0.2) is 4.98 Å². The van der Waals surface area contributed by atoms with Gasteiger partial charge < -0.3 is 15.0 Å². The van der Waals surface area contributed by atoms with Crippen molar-refractivity contribution in [2.45, 2.75) is 44.9 Å². The number of rotatable bonds is 4. The highest BCUT2D eigenvalue weighted by Gasteiger charge is 2.27. The highest BCUT2D eigenvalue weighted by Crippen LogP contribution is 2.21. The monoisotopic (exact) mass is 223 g/mol. The first-order valence-corrected chi connectivity index (χ1v) is 5.70. The predicted octanol–water partition coefficient (Wildman–Crippen LogP) is 0.588. The van der Waals surface area contributed by atoms with Crippen LogP contribution in [-0.4, -0.2) is 26.8 Å². The van der Waals surface area contributed by atoms with E-state index in [2.05, 4.69) is 10.3 Å². The average molecular weight is 223 g/mol. The van der Waals surface area contributed by atoms with Gasteiger partial charge in [0.25, 0.3) is 5.56 Å². The zero-order chi connectivity index (χ0) is 11.5. The van der Waals surface area contributed by atoms with Gasteiger partial charge in [0, 0.05) is 25.0 Å². The van der Waals surface area contributed by atoms with E-state index in [-0.39, 0.29) is 17.7 Å². The van der Waals surface area contributed by atoms with E-state index in [1.807, 2.05) is 6.92 Å². The van der Waals surface area contributed by atoms with Crippen molar-refractivity contribution >= 4 is 5.82 Å². The first-order valence-electron chi connectivity index (χ1n) is 5.70. The normalized spacial score (nSPS) is 23.9. The molecule has 0 radical (unpaired) electrons. The van der Waals surface area contributed by atoms with Gasteiger partial charge in [-0.05, 0) is 19.3 Å². The molecule has 0 unspecified atom stereocenters. The lowest BCUT2D eigenvalue weighted by Gasteiger charge is -2.32. The first kappa shape index (κ1) is 11.1. The lowest BCUT2D eigenvalue weighted by molar-refractivity contribution is 0.0835. The number of aliphatic hydroxyl groups excluding tert-OH is 1. The molecule has 5 nitrogen and oxygen atoms in total. The molecule has 1 fully saturated rings. The lowest BCUT2D eigenvalue weighted by Crippen LogP contribution is -2.41. The Hall–Kier alpha value is -1.36. The SMILES string of the molecule is CCCn1ccnc(NC2CC(O)C2)c1=O. The van der Waals surface area contributed by atoms with Crippen LogP contribution in [0.1, 0.15) is 26.2 Å². The van der Waals surface area contributed by atoms with E-state index in [0.29, 0.717) is 25.2 Å². The summed E-state index contributed by atoms with van der Waals surface area (Å²) in [6, 6.07) is 0.188. The van der Waals surface area contributed by atoms with Crippen LogP contribution in [0.2, 0.25) is 0 Å². The highest BCUT2D eigenvalue weighted by atomic mass is 16.3. The molecule has 1 aliphatic carbocycles. The van der Waals surface area contributed by atoms with Crippen LogP contribution in [0, 0.1) is 0 Å². The smallest absolute Gasteiger partial charge is 0.293 e. The Labute approximate surface area is 94.1 Å². The molecule has 0 aromatic carbocycles. The molecule has 88 valence electrons. The van der Waals surface area contributed by atoms with E-state index in [9.17, 15) is 4.79 Å². The summed E-state index contributed by atoms with van der Waals surface area (Å²) in [7, 11) is 0. The van der Waals surface area contributed by atoms with Crippen molar-refractivity contribution in [2.75, 3.05) is 5.32 Å². The fourth-order valence-electron chi connectivity index (χ4n) is 1.86. The second-order valence-corrected chi connectivity index (χ2v) is 4.24. The van der Waals surface area contributed by atoms with Gasteiger partial charge in [-0.1, -0.05) is 6.92 Å². The molecule has 0 atom stereocenters. The first-order chi connectivity index (χ1) is 7.70. The summed E-state index contributed by atoms with van der Waals surface area (Å²) in [6.07, 6.45) is 5.43. The highest BCUT2D eigenvalue weighted by molar-refractivity contribution is 5.33. The van der Waals surface area contributed by atoms with Gasteiger partial charge in [0.1, 0.15) is 0 Å². The largest absolute Gasteiger partial charge is 0.393 e. The van der Waals surface area contributed by atoms with Crippen molar-refractivity contribution in [3.8, 4) is 0 Å². The molecule has 1 aromatic heterocycles. The minimum atomic E-state index is -0.223. The van der Waals surface area contributed by atoms with E-state index in [4.69, 9.17) is 5.11 Å². The number of hydrogen-bond acceptors (Lipinski definition) is 4. The number of hydrogen-bond donors (Lipinski definition) is 2. The summed E-state index contributed by atoms with van der Waals surface area (Å²) in [5.74, 6) is 0.396. The Morgan fingerprint density at radius 1 is 1.62 bits per heavy atom. The molecule has 1 saturated carbocycles. The maximum Gasteiger partial charge on any atom is 0.293 e. The van der Waals surface area contributed by atoms with Crippen molar-refractivity contribution < 1.29 is 5.11 Å². The minimum absolute atomic E-state index is 0.0780. The van der Waals surface area contributed by atoms with E-state index in [1.165, 1.54) is 0 Å². The van der Waals surface area contributed by atoms with Gasteiger partial charge >= 0.3 is 0 Å². The van der Waals surface area contributed by atoms with Gasteiger partial charge in [0.05, 0.1) is 6.10 Å². The number of anilines is 1. The zero-order valence-electron chi connectivity index (χ0n) is 9.39. The van der Waals surface area contributed by atoms with Crippen molar-refractivity contribution in [2.24, 2.45) is 0 Å². The van der Waals surface area contributed by atoms with E-state index >= 15 is 0 Å². The Morgan fingerprint density at radius 2 is 2.38 bits per heavy atom. The fourth-order valence-corrected chi connectivity index (χ4v) is 1.86. The Morgan fingerprint density at radius 3 is 3.00 bits per heavy atom. The fraction of sp³-hybridized carbons (Fsp3) is 0.636. The van der Waals surface area contributed by atoms with E-state index < -0.39 is 0 Å². The predicted molar refractivity (Wildman–Crippen MR) is 61.4 cm³/mol. The van der Waals surface area contributed by atoms with Crippen LogP contribution in [0.5, 0.6) is 0 Å². The molecule has 0 amide bonds. The van der Waals surface area contributed by atoms with Gasteiger partial charge in [-0.15, -0.1) is 0 Å². The topological polar surface area (TPSA) is 67.2 Å². The molecule has 0 saturated heterocycles. The summed E-state index contributed by atoms with van der Waals surface area (Å²) < 4.78 is 1.66. The summed E-state index contributed by atoms with van der Waals surface area (Å²) in [5, 5.41) is 12.2. The van der Waals surface area contributed by atoms with Crippen LogP contribution >= 0.6 is 0 Å². The molecule has 16 heavy (non-hydrogen) atoms. The van der Waals surface area contributed by atoms with Gasteiger partial charge in [-0.3, -0.25) is 4.79 Å². The second-order valence-electron chi connectivity index (χ2n) is 4.24. The van der Waals surface area contributed by atoms with Crippen LogP contribution in [0.25, 0.3) is 0 Å². The van der Waals surface area contributed by atoms with E-state index in [1.54, 1.807) is 17.0 Å². The summed E-state index contributed by atoms with van der Waals surface area (Å²) in [6.45, 7) is 2.74. The Balaban J connectivity index is 2.09. The van der Waals surface area contributed by atoms with E-state index in [0.717, 1.165) is 6.42 Å². The minimum Gasteiger partial charge on any atom is -0.393 e. The van der Waals surface area contributed by atoms with Crippen LogP contribution < -0.4 is 10.9 Å². The van der Waals surface area contributed by atoms with Crippen molar-refractivity contribution in [3.63, 3.8) is 0 Å². The van der Waals surface area contributed by atoms with Crippen LogP contribution in [0.15, 0.2) is 17.2 Å². The molecule has 2 rings (SSSR count). The molecular formula is C11H17N3O2. The maximum absolute atomic E-state index is 11.9. The van der Waals surface area contributed by atoms with Gasteiger partial charge in [-0.2, -0.15) is 0 Å². The van der Waals surface area contributed by atoms with Crippen molar-refractivity contribution in [3.05, 3.63) is 22.7 Å². The Kier molecular flexibility index (Phi) is 3.24. The lowest BCUT2D eigenvalue weighted by atomic mass is 9.90. The Bertz CT molecular complexity index is 410. The third-order valence-electron chi connectivity index (χ3n) is 2.83. The number of aliphatic hydroxyl groups is 1. The second kappa shape index (κ2) is 4.65. The molecular weight excluding hydrogens is 206 g/mol. The number of aromatic nitrogens is 2. The summed E-state index contributed by atoms with van der Waals surface area (Å²) in [4.78, 5) is 15.9. The standard InChI is InChI=1S/C11H17N3O2/c1-2-4-14-5-3-12-10(11(14)16)13-8-6-9(15)7-8/h3,5,8-9,15H,2,4,6-7H2,1H3,(H,12,13).